The van der Waals surface area contributed by atoms with Gasteiger partial charge < -0.3 is 19.7 Å². The van der Waals surface area contributed by atoms with Gasteiger partial charge in [-0.1, -0.05) is 49.2 Å². The van der Waals surface area contributed by atoms with E-state index >= 15 is 0 Å². The number of fused-ring (bicyclic) bond motifs is 1. The van der Waals surface area contributed by atoms with Crippen LogP contribution >= 0.6 is 23.2 Å². The van der Waals surface area contributed by atoms with Crippen LogP contribution in [0.1, 0.15) is 32.1 Å². The first-order chi connectivity index (χ1) is 22.7. The number of rotatable bonds is 12. The van der Waals surface area contributed by atoms with Crippen molar-refractivity contribution in [2.24, 2.45) is 5.92 Å². The highest BCUT2D eigenvalue weighted by Gasteiger charge is 2.28. The lowest BCUT2D eigenvalue weighted by molar-refractivity contribution is -0.127. The van der Waals surface area contributed by atoms with E-state index in [1.165, 1.54) is 26.4 Å². The van der Waals surface area contributed by atoms with Gasteiger partial charge in [0.25, 0.3) is 5.56 Å². The molecule has 0 bridgehead atoms. The molecule has 0 spiro atoms. The van der Waals surface area contributed by atoms with Crippen LogP contribution < -0.4 is 20.3 Å². The van der Waals surface area contributed by atoms with E-state index in [1.807, 2.05) is 0 Å². The number of benzene rings is 1. The maximum Gasteiger partial charge on any atom is 0.260 e. The molecule has 3 aromatic rings. The van der Waals surface area contributed by atoms with Crippen LogP contribution in [0.25, 0.3) is 22.2 Å². The van der Waals surface area contributed by atoms with E-state index in [0.29, 0.717) is 79.7 Å². The quantitative estimate of drug-likeness (QED) is 0.256. The van der Waals surface area contributed by atoms with Gasteiger partial charge in [0.1, 0.15) is 17.1 Å². The number of halogens is 2. The molecule has 1 N–H and O–H groups in total. The summed E-state index contributed by atoms with van der Waals surface area (Å²) in [5.74, 6) is 1.08. The van der Waals surface area contributed by atoms with Gasteiger partial charge in [-0.25, -0.2) is 4.98 Å². The zero-order valence-electron chi connectivity index (χ0n) is 26.8. The summed E-state index contributed by atoms with van der Waals surface area (Å²) in [7, 11) is 2.96. The van der Waals surface area contributed by atoms with Gasteiger partial charge in [-0.3, -0.25) is 23.9 Å². The molecular weight excluding hydrogens is 643 g/mol. The summed E-state index contributed by atoms with van der Waals surface area (Å²) in [6.07, 6.45) is 8.71. The molecule has 2 aromatic heterocycles. The summed E-state index contributed by atoms with van der Waals surface area (Å²) in [6.45, 7) is 10.5. The lowest BCUT2D eigenvalue weighted by Crippen LogP contribution is -2.49. The summed E-state index contributed by atoms with van der Waals surface area (Å²) >= 11 is 13.5. The second-order valence-electron chi connectivity index (χ2n) is 11.8. The van der Waals surface area contributed by atoms with E-state index in [0.717, 1.165) is 25.7 Å². The van der Waals surface area contributed by atoms with Gasteiger partial charge in [0.05, 0.1) is 29.8 Å². The van der Waals surface area contributed by atoms with Gasteiger partial charge in [0.15, 0.2) is 5.78 Å². The molecule has 2 aliphatic rings. The number of carbonyl (C=O) groups is 2. The van der Waals surface area contributed by atoms with Gasteiger partial charge in [-0.2, -0.15) is 4.98 Å². The van der Waals surface area contributed by atoms with Crippen LogP contribution in [0.15, 0.2) is 48.4 Å². The second kappa shape index (κ2) is 15.3. The summed E-state index contributed by atoms with van der Waals surface area (Å²) in [5.41, 5.74) is 0.661. The Morgan fingerprint density at radius 1 is 1.00 bits per heavy atom. The molecule has 1 amide bonds. The fraction of sp³-hybridized carbons (Fsp3) is 0.441. The van der Waals surface area contributed by atoms with Gasteiger partial charge in [-0.05, 0) is 37.0 Å². The third kappa shape index (κ3) is 7.47. The number of piperazine rings is 1. The third-order valence-electron chi connectivity index (χ3n) is 9.08. The Labute approximate surface area is 284 Å². The predicted molar refractivity (Wildman–Crippen MR) is 185 cm³/mol. The lowest BCUT2D eigenvalue weighted by atomic mass is 9.81. The lowest BCUT2D eigenvalue weighted by Gasteiger charge is -2.34. The standard InChI is InChI=1S/C34H40Cl2N6O5/c1-5-23(43)17-21-9-7-8-10-25(21)38-34-37-20-22-18-24(29-30(35)26(46-3)19-27(47-4)31(29)36)33(45)42(32(22)39-34)16-13-40-11-14-41(15-12-40)28(44)6-2/h5-6,18-21,25H,1-2,7-17H2,3-4H3,(H,37,38,39). The van der Waals surface area contributed by atoms with Crippen LogP contribution in [-0.4, -0.2) is 89.0 Å². The van der Waals surface area contributed by atoms with Crippen molar-refractivity contribution >= 4 is 51.9 Å². The number of methoxy groups -OCH3 is 2. The fourth-order valence-electron chi connectivity index (χ4n) is 6.45. The highest BCUT2D eigenvalue weighted by molar-refractivity contribution is 6.41. The van der Waals surface area contributed by atoms with Crippen LogP contribution in [-0.2, 0) is 16.1 Å². The van der Waals surface area contributed by atoms with E-state index in [4.69, 9.17) is 37.7 Å². The van der Waals surface area contributed by atoms with Crippen molar-refractivity contribution in [1.82, 2.24) is 24.3 Å². The SMILES string of the molecule is C=CC(=O)CC1CCCCC1Nc1ncc2cc(-c3c(Cl)c(OC)cc(OC)c3Cl)c(=O)n(CCN3CCN(C(=O)C=C)CC3)c2n1. The molecule has 2 unspecified atom stereocenters. The molecule has 2 atom stereocenters. The number of nitrogens with zero attached hydrogens (tertiary/aromatic N) is 5. The number of aromatic nitrogens is 3. The van der Waals surface area contributed by atoms with Crippen molar-refractivity contribution in [2.75, 3.05) is 52.3 Å². The molecule has 47 heavy (non-hydrogen) atoms. The summed E-state index contributed by atoms with van der Waals surface area (Å²) in [5, 5.41) is 4.44. The number of amides is 1. The van der Waals surface area contributed by atoms with Crippen molar-refractivity contribution < 1.29 is 19.1 Å². The maximum absolute atomic E-state index is 14.4. The van der Waals surface area contributed by atoms with Gasteiger partial charge in [-0.15, -0.1) is 0 Å². The molecule has 0 radical (unpaired) electrons. The Kier molecular flexibility index (Phi) is 11.2. The average molecular weight is 684 g/mol. The maximum atomic E-state index is 14.4. The van der Waals surface area contributed by atoms with Crippen molar-refractivity contribution in [3.05, 3.63) is 64.0 Å². The van der Waals surface area contributed by atoms with E-state index < -0.39 is 0 Å². The van der Waals surface area contributed by atoms with E-state index in [9.17, 15) is 14.4 Å². The van der Waals surface area contributed by atoms with Crippen LogP contribution in [0.5, 0.6) is 11.5 Å². The molecule has 11 nitrogen and oxygen atoms in total. The molecule has 13 heteroatoms. The molecule has 3 heterocycles. The van der Waals surface area contributed by atoms with Crippen LogP contribution in [0, 0.1) is 5.92 Å². The molecular formula is C34H40Cl2N6O5. The van der Waals surface area contributed by atoms with Gasteiger partial charge in [0.2, 0.25) is 11.9 Å². The summed E-state index contributed by atoms with van der Waals surface area (Å²) in [6, 6.07) is 3.28. The number of ketones is 1. The van der Waals surface area contributed by atoms with Crippen molar-refractivity contribution in [3.63, 3.8) is 0 Å². The predicted octanol–water partition coefficient (Wildman–Crippen LogP) is 5.23. The van der Waals surface area contributed by atoms with E-state index in [-0.39, 0.29) is 44.8 Å². The largest absolute Gasteiger partial charge is 0.495 e. The second-order valence-corrected chi connectivity index (χ2v) is 12.6. The molecule has 250 valence electrons. The normalized spacial score (nSPS) is 18.5. The number of pyridine rings is 1. The molecule has 1 aliphatic carbocycles. The van der Waals surface area contributed by atoms with Gasteiger partial charge in [0, 0.05) is 74.9 Å². The first kappa shape index (κ1) is 34.4. The van der Waals surface area contributed by atoms with Crippen LogP contribution in [0.2, 0.25) is 10.0 Å². The first-order valence-corrected chi connectivity index (χ1v) is 16.5. The molecule has 1 aromatic carbocycles. The van der Waals surface area contributed by atoms with Crippen molar-refractivity contribution in [3.8, 4) is 22.6 Å². The first-order valence-electron chi connectivity index (χ1n) is 15.7. The Hall–Kier alpha value is -3.93. The number of carbonyl (C=O) groups excluding carboxylic acids is 2. The van der Waals surface area contributed by atoms with E-state index in [2.05, 4.69) is 28.4 Å². The highest BCUT2D eigenvalue weighted by Crippen LogP contribution is 2.45. The van der Waals surface area contributed by atoms with Crippen molar-refractivity contribution in [2.45, 2.75) is 44.7 Å². The molecule has 1 aliphatic heterocycles. The number of hydrogen-bond donors (Lipinski definition) is 1. The topological polar surface area (TPSA) is 119 Å². The Morgan fingerprint density at radius 3 is 2.32 bits per heavy atom. The molecule has 5 rings (SSSR count). The zero-order chi connectivity index (χ0) is 33.7. The Bertz CT molecular complexity index is 1710. The minimum absolute atomic E-state index is 0.0148. The van der Waals surface area contributed by atoms with E-state index in [1.54, 1.807) is 27.8 Å². The number of ether oxygens (including phenoxy) is 2. The minimum Gasteiger partial charge on any atom is -0.495 e. The summed E-state index contributed by atoms with van der Waals surface area (Å²) in [4.78, 5) is 52.1. The minimum atomic E-state index is -0.339. The Balaban J connectivity index is 1.55. The van der Waals surface area contributed by atoms with Crippen LogP contribution in [0.4, 0.5) is 5.95 Å². The molecule has 1 saturated heterocycles. The fourth-order valence-corrected chi connectivity index (χ4v) is 7.15. The number of anilines is 1. The third-order valence-corrected chi connectivity index (χ3v) is 9.83. The van der Waals surface area contributed by atoms with Gasteiger partial charge >= 0.3 is 0 Å². The smallest absolute Gasteiger partial charge is 0.260 e. The molecule has 2 fully saturated rings. The number of hydrogen-bond acceptors (Lipinski definition) is 9. The number of allylic oxidation sites excluding steroid dienone is 1. The van der Waals surface area contributed by atoms with Crippen LogP contribution in [0.3, 0.4) is 0 Å². The highest BCUT2D eigenvalue weighted by atomic mass is 35.5. The summed E-state index contributed by atoms with van der Waals surface area (Å²) < 4.78 is 12.6. The number of nitrogens with one attached hydrogen (secondary N) is 1. The zero-order valence-corrected chi connectivity index (χ0v) is 28.3. The monoisotopic (exact) mass is 682 g/mol. The average Bonchev–Trinajstić information content (AvgIpc) is 3.09. The van der Waals surface area contributed by atoms with Crippen molar-refractivity contribution in [1.29, 1.82) is 0 Å². The molecule has 1 saturated carbocycles. The Morgan fingerprint density at radius 2 is 1.68 bits per heavy atom.